The van der Waals surface area contributed by atoms with E-state index in [1.165, 1.54) is 34.5 Å². The molecule has 0 saturated heterocycles. The number of carbonyl (C=O) groups is 1. The van der Waals surface area contributed by atoms with E-state index in [1.54, 1.807) is 50.5 Å². The minimum Gasteiger partial charge on any atom is -0.487 e. The Morgan fingerprint density at radius 3 is 2.41 bits per heavy atom. The summed E-state index contributed by atoms with van der Waals surface area (Å²) in [6.45, 7) is 3.06. The first kappa shape index (κ1) is 30.3. The Kier molecular flexibility index (Phi) is 8.90. The molecule has 0 saturated carbocycles. The Balaban J connectivity index is 1.63. The molecule has 2 heterocycles. The van der Waals surface area contributed by atoms with Crippen LogP contribution < -0.4 is 10.1 Å². The number of nitrogens with zero attached hydrogens (tertiary/aromatic N) is 3. The van der Waals surface area contributed by atoms with Gasteiger partial charge in [0.1, 0.15) is 16.7 Å². The molecular formula is C28H31F3N4O5S. The number of alkyl halides is 3. The number of pyridine rings is 1. The fourth-order valence-corrected chi connectivity index (χ4v) is 6.31. The summed E-state index contributed by atoms with van der Waals surface area (Å²) in [5.74, 6) is -0.319. The molecule has 1 aliphatic heterocycles. The number of amides is 2. The third kappa shape index (κ3) is 6.80. The number of likely N-dealkylation sites (N-methyl/N-ethyl adjacent to an activating group) is 1. The van der Waals surface area contributed by atoms with Crippen molar-refractivity contribution in [1.82, 2.24) is 14.2 Å². The lowest BCUT2D eigenvalue weighted by Gasteiger charge is -2.37. The van der Waals surface area contributed by atoms with Gasteiger partial charge in [-0.15, -0.1) is 0 Å². The second-order valence-corrected chi connectivity index (χ2v) is 11.9. The lowest BCUT2D eigenvalue weighted by Crippen LogP contribution is -2.50. The Morgan fingerprint density at radius 2 is 1.80 bits per heavy atom. The summed E-state index contributed by atoms with van der Waals surface area (Å²) in [5, 5.41) is 12.4. The third-order valence-electron chi connectivity index (χ3n) is 6.94. The number of ether oxygens (including phenoxy) is 1. The van der Waals surface area contributed by atoms with Gasteiger partial charge in [-0.25, -0.2) is 13.2 Å². The van der Waals surface area contributed by atoms with Gasteiger partial charge in [-0.05, 0) is 66.6 Å². The highest BCUT2D eigenvalue weighted by molar-refractivity contribution is 7.89. The molecule has 0 fully saturated rings. The number of urea groups is 1. The molecule has 9 nitrogen and oxygen atoms in total. The summed E-state index contributed by atoms with van der Waals surface area (Å²) in [7, 11) is -2.54. The van der Waals surface area contributed by atoms with Gasteiger partial charge < -0.3 is 20.1 Å². The van der Waals surface area contributed by atoms with E-state index in [0.717, 1.165) is 17.7 Å². The number of aliphatic hydroxyl groups excluding tert-OH is 1. The molecule has 0 radical (unpaired) electrons. The highest BCUT2D eigenvalue weighted by Gasteiger charge is 2.38. The van der Waals surface area contributed by atoms with Crippen LogP contribution in [0.3, 0.4) is 0 Å². The van der Waals surface area contributed by atoms with E-state index < -0.39 is 52.5 Å². The minimum atomic E-state index is -4.49. The van der Waals surface area contributed by atoms with Gasteiger partial charge in [0.05, 0.1) is 18.7 Å². The van der Waals surface area contributed by atoms with Crippen LogP contribution in [0, 0.1) is 5.92 Å². The number of benzene rings is 2. The Labute approximate surface area is 236 Å². The lowest BCUT2D eigenvalue weighted by atomic mass is 10.0. The molecule has 3 atom stereocenters. The molecule has 0 aliphatic carbocycles. The van der Waals surface area contributed by atoms with Crippen LogP contribution in [0.2, 0.25) is 0 Å². The molecule has 2 aromatic carbocycles. The van der Waals surface area contributed by atoms with Crippen LogP contribution in [0.4, 0.5) is 23.7 Å². The van der Waals surface area contributed by atoms with E-state index in [1.807, 2.05) is 0 Å². The predicted molar refractivity (Wildman–Crippen MR) is 147 cm³/mol. The van der Waals surface area contributed by atoms with Crippen molar-refractivity contribution >= 4 is 21.7 Å². The van der Waals surface area contributed by atoms with Crippen molar-refractivity contribution in [1.29, 1.82) is 0 Å². The van der Waals surface area contributed by atoms with Crippen molar-refractivity contribution in [2.75, 3.05) is 32.1 Å². The van der Waals surface area contributed by atoms with Crippen molar-refractivity contribution in [2.24, 2.45) is 5.92 Å². The number of sulfonamides is 1. The Hall–Kier alpha value is -3.68. The van der Waals surface area contributed by atoms with E-state index in [9.17, 15) is 31.5 Å². The second kappa shape index (κ2) is 12.0. The number of nitrogens with one attached hydrogen (secondary N) is 1. The molecule has 41 heavy (non-hydrogen) atoms. The van der Waals surface area contributed by atoms with Crippen molar-refractivity contribution < 1.29 is 36.2 Å². The first-order valence-corrected chi connectivity index (χ1v) is 14.3. The topological polar surface area (TPSA) is 112 Å². The molecule has 0 unspecified atom stereocenters. The summed E-state index contributed by atoms with van der Waals surface area (Å²) >= 11 is 0. The monoisotopic (exact) mass is 592 g/mol. The SMILES string of the molecule is C[C@H]1CN([C@@H](C)CO)S(=O)(=O)c2ccc(-c3ccncc3)cc2O[C@@H]1CN(C)C(=O)Nc1ccc(C(F)(F)F)cc1. The van der Waals surface area contributed by atoms with Crippen LogP contribution in [0.1, 0.15) is 19.4 Å². The summed E-state index contributed by atoms with van der Waals surface area (Å²) in [6.07, 6.45) is -1.94. The van der Waals surface area contributed by atoms with E-state index >= 15 is 0 Å². The van der Waals surface area contributed by atoms with Gasteiger partial charge in [-0.2, -0.15) is 17.5 Å². The second-order valence-electron chi connectivity index (χ2n) is 10.0. The molecule has 2 N–H and O–H groups in total. The number of aliphatic hydroxyl groups is 1. The number of fused-ring (bicyclic) bond motifs is 1. The smallest absolute Gasteiger partial charge is 0.416 e. The average Bonchev–Trinajstić information content (AvgIpc) is 2.94. The van der Waals surface area contributed by atoms with E-state index in [0.29, 0.717) is 5.56 Å². The number of hydrogen-bond acceptors (Lipinski definition) is 6. The summed E-state index contributed by atoms with van der Waals surface area (Å²) in [4.78, 5) is 18.2. The molecule has 0 spiro atoms. The molecule has 3 aromatic rings. The zero-order valence-corrected chi connectivity index (χ0v) is 23.5. The fraction of sp³-hybridized carbons (Fsp3) is 0.357. The summed E-state index contributed by atoms with van der Waals surface area (Å²) in [6, 6.07) is 11.1. The molecule has 1 aromatic heterocycles. The maximum atomic E-state index is 13.7. The first-order valence-electron chi connectivity index (χ1n) is 12.8. The van der Waals surface area contributed by atoms with Crippen molar-refractivity contribution in [3.05, 3.63) is 72.6 Å². The van der Waals surface area contributed by atoms with Crippen LogP contribution in [-0.4, -0.2) is 72.6 Å². The van der Waals surface area contributed by atoms with E-state index in [-0.39, 0.29) is 29.4 Å². The average molecular weight is 593 g/mol. The van der Waals surface area contributed by atoms with Gasteiger partial charge in [0, 0.05) is 43.6 Å². The van der Waals surface area contributed by atoms with Gasteiger partial charge in [0.15, 0.2) is 0 Å². The van der Waals surface area contributed by atoms with E-state index in [2.05, 4.69) is 10.3 Å². The number of aromatic nitrogens is 1. The minimum absolute atomic E-state index is 0.0225. The number of rotatable bonds is 6. The van der Waals surface area contributed by atoms with Crippen LogP contribution in [-0.2, 0) is 16.2 Å². The van der Waals surface area contributed by atoms with Gasteiger partial charge in [-0.3, -0.25) is 4.98 Å². The summed E-state index contributed by atoms with van der Waals surface area (Å²) in [5.41, 5.74) is 0.845. The predicted octanol–water partition coefficient (Wildman–Crippen LogP) is 4.70. The number of halogens is 3. The maximum Gasteiger partial charge on any atom is 0.416 e. The van der Waals surface area contributed by atoms with Gasteiger partial charge >= 0.3 is 12.2 Å². The molecule has 0 bridgehead atoms. The van der Waals surface area contributed by atoms with Crippen LogP contribution in [0.15, 0.2) is 71.9 Å². The maximum absolute atomic E-state index is 13.7. The third-order valence-corrected chi connectivity index (χ3v) is 8.96. The van der Waals surface area contributed by atoms with Gasteiger partial charge in [-0.1, -0.05) is 13.0 Å². The molecule has 220 valence electrons. The van der Waals surface area contributed by atoms with Crippen molar-refractivity contribution in [3.8, 4) is 16.9 Å². The molecular weight excluding hydrogens is 561 g/mol. The molecule has 4 rings (SSSR count). The van der Waals surface area contributed by atoms with E-state index in [4.69, 9.17) is 4.74 Å². The van der Waals surface area contributed by atoms with Crippen molar-refractivity contribution in [3.63, 3.8) is 0 Å². The fourth-order valence-electron chi connectivity index (χ4n) is 4.48. The molecule has 13 heteroatoms. The Morgan fingerprint density at radius 1 is 1.15 bits per heavy atom. The van der Waals surface area contributed by atoms with Gasteiger partial charge in [0.25, 0.3) is 0 Å². The largest absolute Gasteiger partial charge is 0.487 e. The molecule has 1 aliphatic rings. The first-order chi connectivity index (χ1) is 19.3. The van der Waals surface area contributed by atoms with Crippen LogP contribution in [0.25, 0.3) is 11.1 Å². The normalized spacial score (nSPS) is 19.7. The zero-order valence-electron chi connectivity index (χ0n) is 22.7. The highest BCUT2D eigenvalue weighted by Crippen LogP contribution is 2.36. The van der Waals surface area contributed by atoms with Crippen LogP contribution in [0.5, 0.6) is 5.75 Å². The number of hydrogen-bond donors (Lipinski definition) is 2. The van der Waals surface area contributed by atoms with Gasteiger partial charge in [0.2, 0.25) is 10.0 Å². The quantitative estimate of drug-likeness (QED) is 0.429. The number of carbonyl (C=O) groups excluding carboxylic acids is 1. The lowest BCUT2D eigenvalue weighted by molar-refractivity contribution is -0.137. The highest BCUT2D eigenvalue weighted by atomic mass is 32.2. The standard InChI is InChI=1S/C28H31F3N4O5S/c1-18-15-35(19(2)17-36)41(38,39)26-9-4-21(20-10-12-32-13-11-20)14-24(26)40-25(18)16-34(3)27(37)33-23-7-5-22(6-8-23)28(29,30)31/h4-14,18-19,25,36H,15-17H2,1-3H3,(H,33,37)/t18-,19-,25+/m0/s1. The zero-order chi connectivity index (χ0) is 29.9. The number of anilines is 1. The van der Waals surface area contributed by atoms with Crippen molar-refractivity contribution in [2.45, 2.75) is 37.1 Å². The van der Waals surface area contributed by atoms with Crippen LogP contribution >= 0.6 is 0 Å². The molecule has 2 amide bonds. The summed E-state index contributed by atoms with van der Waals surface area (Å²) < 4.78 is 73.5. The Bertz CT molecular complexity index is 1470.